The van der Waals surface area contributed by atoms with Crippen molar-refractivity contribution in [2.75, 3.05) is 12.4 Å². The first-order valence-corrected chi connectivity index (χ1v) is 9.21. The van der Waals surface area contributed by atoms with Crippen LogP contribution in [0.3, 0.4) is 0 Å². The molecule has 0 bridgehead atoms. The van der Waals surface area contributed by atoms with E-state index in [-0.39, 0.29) is 17.7 Å². The lowest BCUT2D eigenvalue weighted by Gasteiger charge is -2.10. The highest BCUT2D eigenvalue weighted by molar-refractivity contribution is 6.30. The Balaban J connectivity index is 1.80. The lowest BCUT2D eigenvalue weighted by Crippen LogP contribution is -2.24. The van der Waals surface area contributed by atoms with E-state index >= 15 is 0 Å². The van der Waals surface area contributed by atoms with Crippen LogP contribution in [0.5, 0.6) is 0 Å². The molecule has 0 aliphatic rings. The predicted octanol–water partition coefficient (Wildman–Crippen LogP) is 4.51. The number of nitrogens with zero attached hydrogens (tertiary/aromatic N) is 1. The minimum Gasteiger partial charge on any atom is -0.355 e. The van der Waals surface area contributed by atoms with Crippen molar-refractivity contribution in [3.63, 3.8) is 0 Å². The standard InChI is InChI=1S/C21H21ClN4O2/c1-12-10-18(26-19(12)20(27)14-4-6-15(22)7-5-14)13(2)17-9-8-16(11-24-17)25-21(28)23-3/h4-11,13,26H,1-3H3,(H2,23,25,28). The average Bonchev–Trinajstić information content (AvgIpc) is 3.09. The molecule has 0 saturated carbocycles. The predicted molar refractivity (Wildman–Crippen MR) is 110 cm³/mol. The molecular formula is C21H21ClN4O2. The van der Waals surface area contributed by atoms with Crippen molar-refractivity contribution >= 4 is 29.1 Å². The Labute approximate surface area is 168 Å². The Kier molecular flexibility index (Phi) is 5.80. The Bertz CT molecular complexity index is 994. The van der Waals surface area contributed by atoms with Crippen molar-refractivity contribution in [1.82, 2.24) is 15.3 Å². The number of amides is 2. The van der Waals surface area contributed by atoms with Crippen LogP contribution >= 0.6 is 11.6 Å². The van der Waals surface area contributed by atoms with Crippen LogP contribution in [-0.4, -0.2) is 28.8 Å². The fourth-order valence-corrected chi connectivity index (χ4v) is 3.01. The van der Waals surface area contributed by atoms with E-state index < -0.39 is 0 Å². The molecule has 1 atom stereocenters. The monoisotopic (exact) mass is 396 g/mol. The number of urea groups is 1. The third kappa shape index (κ3) is 4.23. The van der Waals surface area contributed by atoms with Gasteiger partial charge in [-0.05, 0) is 55.0 Å². The van der Waals surface area contributed by atoms with E-state index in [2.05, 4.69) is 20.6 Å². The van der Waals surface area contributed by atoms with E-state index in [0.717, 1.165) is 17.0 Å². The highest BCUT2D eigenvalue weighted by Gasteiger charge is 2.19. The Morgan fingerprint density at radius 3 is 2.46 bits per heavy atom. The minimum absolute atomic E-state index is 0.0421. The molecule has 6 nitrogen and oxygen atoms in total. The van der Waals surface area contributed by atoms with Crippen molar-refractivity contribution in [3.05, 3.63) is 81.9 Å². The fourth-order valence-electron chi connectivity index (χ4n) is 2.89. The van der Waals surface area contributed by atoms with E-state index in [1.807, 2.05) is 26.0 Å². The van der Waals surface area contributed by atoms with Crippen molar-refractivity contribution in [1.29, 1.82) is 0 Å². The van der Waals surface area contributed by atoms with Gasteiger partial charge in [0.2, 0.25) is 5.78 Å². The summed E-state index contributed by atoms with van der Waals surface area (Å²) in [7, 11) is 1.55. The second kappa shape index (κ2) is 8.27. The molecule has 0 saturated heterocycles. The number of hydrogen-bond donors (Lipinski definition) is 3. The molecule has 2 aromatic heterocycles. The van der Waals surface area contributed by atoms with Gasteiger partial charge in [0.15, 0.2) is 0 Å². The van der Waals surface area contributed by atoms with Crippen LogP contribution < -0.4 is 10.6 Å². The first-order chi connectivity index (χ1) is 13.4. The summed E-state index contributed by atoms with van der Waals surface area (Å²) in [5, 5.41) is 5.76. The molecule has 3 aromatic rings. The zero-order chi connectivity index (χ0) is 20.3. The van der Waals surface area contributed by atoms with Gasteiger partial charge in [-0.15, -0.1) is 0 Å². The van der Waals surface area contributed by atoms with E-state index in [4.69, 9.17) is 11.6 Å². The Morgan fingerprint density at radius 1 is 1.14 bits per heavy atom. The summed E-state index contributed by atoms with van der Waals surface area (Å²) in [6.07, 6.45) is 1.61. The molecule has 144 valence electrons. The lowest BCUT2D eigenvalue weighted by molar-refractivity contribution is 0.103. The summed E-state index contributed by atoms with van der Waals surface area (Å²) >= 11 is 5.90. The van der Waals surface area contributed by atoms with Crippen molar-refractivity contribution in [2.45, 2.75) is 19.8 Å². The number of aromatic nitrogens is 2. The number of anilines is 1. The second-order valence-corrected chi connectivity index (χ2v) is 6.95. The number of aromatic amines is 1. The number of nitrogens with one attached hydrogen (secondary N) is 3. The largest absolute Gasteiger partial charge is 0.355 e. The zero-order valence-electron chi connectivity index (χ0n) is 15.8. The third-order valence-electron chi connectivity index (χ3n) is 4.55. The van der Waals surface area contributed by atoms with Gasteiger partial charge in [-0.25, -0.2) is 4.79 Å². The normalized spacial score (nSPS) is 11.7. The fraction of sp³-hybridized carbons (Fsp3) is 0.190. The summed E-state index contributed by atoms with van der Waals surface area (Å²) in [5.74, 6) is -0.120. The molecule has 3 N–H and O–H groups in total. The second-order valence-electron chi connectivity index (χ2n) is 6.52. The first kappa shape index (κ1) is 19.6. The van der Waals surface area contributed by atoms with Gasteiger partial charge in [-0.2, -0.15) is 0 Å². The van der Waals surface area contributed by atoms with E-state index in [0.29, 0.717) is 22.0 Å². The van der Waals surface area contributed by atoms with E-state index in [1.54, 1.807) is 43.6 Å². The molecule has 2 amide bonds. The first-order valence-electron chi connectivity index (χ1n) is 8.83. The van der Waals surface area contributed by atoms with Crippen LogP contribution in [0.2, 0.25) is 5.02 Å². The number of benzene rings is 1. The summed E-state index contributed by atoms with van der Waals surface area (Å²) in [5.41, 5.74) is 4.35. The number of aryl methyl sites for hydroxylation is 1. The molecule has 0 radical (unpaired) electrons. The molecule has 3 rings (SSSR count). The molecule has 2 heterocycles. The number of H-pyrrole nitrogens is 1. The van der Waals surface area contributed by atoms with Gasteiger partial charge < -0.3 is 15.6 Å². The quantitative estimate of drug-likeness (QED) is 0.554. The van der Waals surface area contributed by atoms with Crippen LogP contribution in [0, 0.1) is 6.92 Å². The zero-order valence-corrected chi connectivity index (χ0v) is 16.6. The van der Waals surface area contributed by atoms with Gasteiger partial charge in [0.05, 0.1) is 17.6 Å². The van der Waals surface area contributed by atoms with Crippen molar-refractivity contribution in [3.8, 4) is 0 Å². The molecule has 7 heteroatoms. The SMILES string of the molecule is CNC(=O)Nc1ccc(C(C)c2cc(C)c(C(=O)c3ccc(Cl)cc3)[nH]2)nc1. The van der Waals surface area contributed by atoms with Gasteiger partial charge in [0.25, 0.3) is 0 Å². The average molecular weight is 397 g/mol. The lowest BCUT2D eigenvalue weighted by atomic mass is 10.0. The van der Waals surface area contributed by atoms with Crippen molar-refractivity contribution in [2.24, 2.45) is 0 Å². The highest BCUT2D eigenvalue weighted by Crippen LogP contribution is 2.26. The van der Waals surface area contributed by atoms with E-state index in [9.17, 15) is 9.59 Å². The van der Waals surface area contributed by atoms with Crippen LogP contribution in [0.4, 0.5) is 10.5 Å². The van der Waals surface area contributed by atoms with Crippen LogP contribution in [0.1, 0.15) is 45.8 Å². The molecule has 1 unspecified atom stereocenters. The summed E-state index contributed by atoms with van der Waals surface area (Å²) in [6, 6.07) is 12.2. The maximum atomic E-state index is 12.8. The van der Waals surface area contributed by atoms with Crippen LogP contribution in [0.25, 0.3) is 0 Å². The number of hydrogen-bond acceptors (Lipinski definition) is 3. The van der Waals surface area contributed by atoms with Crippen molar-refractivity contribution < 1.29 is 9.59 Å². The molecule has 0 aliphatic carbocycles. The molecule has 0 aliphatic heterocycles. The molecule has 0 fully saturated rings. The highest BCUT2D eigenvalue weighted by atomic mass is 35.5. The topological polar surface area (TPSA) is 86.9 Å². The van der Waals surface area contributed by atoms with Gasteiger partial charge in [-0.1, -0.05) is 18.5 Å². The van der Waals surface area contributed by atoms with Gasteiger partial charge in [0.1, 0.15) is 0 Å². The molecule has 0 spiro atoms. The van der Waals surface area contributed by atoms with Crippen LogP contribution in [0.15, 0.2) is 48.7 Å². The summed E-state index contributed by atoms with van der Waals surface area (Å²) in [6.45, 7) is 3.91. The number of carbonyl (C=O) groups excluding carboxylic acids is 2. The minimum atomic E-state index is -0.298. The number of halogens is 1. The Morgan fingerprint density at radius 2 is 1.86 bits per heavy atom. The summed E-state index contributed by atoms with van der Waals surface area (Å²) < 4.78 is 0. The maximum Gasteiger partial charge on any atom is 0.319 e. The van der Waals surface area contributed by atoms with Gasteiger partial charge in [0, 0.05) is 34.9 Å². The van der Waals surface area contributed by atoms with Crippen LogP contribution in [-0.2, 0) is 0 Å². The number of pyridine rings is 1. The van der Waals surface area contributed by atoms with Gasteiger partial charge in [-0.3, -0.25) is 9.78 Å². The smallest absolute Gasteiger partial charge is 0.319 e. The third-order valence-corrected chi connectivity index (χ3v) is 4.80. The molecule has 1 aromatic carbocycles. The molecule has 28 heavy (non-hydrogen) atoms. The maximum absolute atomic E-state index is 12.8. The van der Waals surface area contributed by atoms with E-state index in [1.165, 1.54) is 0 Å². The number of ketones is 1. The molecular weight excluding hydrogens is 376 g/mol. The van der Waals surface area contributed by atoms with Gasteiger partial charge >= 0.3 is 6.03 Å². The Hall–Kier alpha value is -3.12. The number of carbonyl (C=O) groups is 2. The number of rotatable bonds is 5. The summed E-state index contributed by atoms with van der Waals surface area (Å²) in [4.78, 5) is 31.8.